The largest absolute Gasteiger partial charge is 0.493 e. The van der Waals surface area contributed by atoms with Crippen LogP contribution < -0.4 is 10.1 Å². The van der Waals surface area contributed by atoms with Crippen molar-refractivity contribution < 1.29 is 9.53 Å². The molecule has 3 aromatic carbocycles. The molecule has 4 rings (SSSR count). The topological polar surface area (TPSA) is 56.1 Å². The van der Waals surface area contributed by atoms with Gasteiger partial charge in [0.05, 0.1) is 24.2 Å². The van der Waals surface area contributed by atoms with Gasteiger partial charge in [0.15, 0.2) is 0 Å². The molecule has 0 aliphatic heterocycles. The number of amides is 1. The average molecular weight is 462 g/mol. The van der Waals surface area contributed by atoms with Crippen LogP contribution in [0, 0.1) is 13.8 Å². The van der Waals surface area contributed by atoms with Crippen LogP contribution in [-0.2, 0) is 13.1 Å². The fourth-order valence-electron chi connectivity index (χ4n) is 3.97. The molecule has 0 saturated carbocycles. The molecule has 0 spiro atoms. The summed E-state index contributed by atoms with van der Waals surface area (Å²) in [4.78, 5) is 17.3. The second kappa shape index (κ2) is 10.5. The molecule has 5 nitrogen and oxygen atoms in total. The van der Waals surface area contributed by atoms with Crippen LogP contribution in [-0.4, -0.2) is 22.1 Å². The Morgan fingerprint density at radius 1 is 1.00 bits per heavy atom. The number of hydrogen-bond donors (Lipinski definition) is 1. The predicted molar refractivity (Wildman–Crippen MR) is 133 cm³/mol. The number of rotatable bonds is 9. The third kappa shape index (κ3) is 5.55. The maximum atomic E-state index is 12.6. The van der Waals surface area contributed by atoms with E-state index in [4.69, 9.17) is 21.3 Å². The zero-order valence-corrected chi connectivity index (χ0v) is 19.7. The molecule has 33 heavy (non-hydrogen) atoms. The van der Waals surface area contributed by atoms with Crippen LogP contribution in [0.25, 0.3) is 11.0 Å². The van der Waals surface area contributed by atoms with E-state index in [9.17, 15) is 4.79 Å². The number of nitrogens with one attached hydrogen (secondary N) is 1. The van der Waals surface area contributed by atoms with Crippen molar-refractivity contribution in [2.24, 2.45) is 0 Å². The summed E-state index contributed by atoms with van der Waals surface area (Å²) in [5, 5.41) is 3.51. The normalized spacial score (nSPS) is 11.0. The van der Waals surface area contributed by atoms with Gasteiger partial charge in [0.2, 0.25) is 0 Å². The van der Waals surface area contributed by atoms with Crippen molar-refractivity contribution in [2.75, 3.05) is 6.61 Å². The van der Waals surface area contributed by atoms with Crippen LogP contribution >= 0.6 is 11.6 Å². The maximum Gasteiger partial charge on any atom is 0.251 e. The number of halogens is 1. The van der Waals surface area contributed by atoms with E-state index in [0.717, 1.165) is 53.1 Å². The van der Waals surface area contributed by atoms with Crippen LogP contribution in [0.15, 0.2) is 66.7 Å². The van der Waals surface area contributed by atoms with Gasteiger partial charge in [-0.2, -0.15) is 0 Å². The molecule has 1 amide bonds. The van der Waals surface area contributed by atoms with Gasteiger partial charge in [-0.3, -0.25) is 4.79 Å². The Morgan fingerprint density at radius 3 is 2.55 bits per heavy atom. The van der Waals surface area contributed by atoms with Gasteiger partial charge in [-0.15, -0.1) is 0 Å². The Hall–Kier alpha value is -3.31. The first-order valence-corrected chi connectivity index (χ1v) is 11.6. The average Bonchev–Trinajstić information content (AvgIpc) is 3.16. The zero-order chi connectivity index (χ0) is 23.2. The van der Waals surface area contributed by atoms with E-state index in [-0.39, 0.29) is 5.91 Å². The third-order valence-corrected chi connectivity index (χ3v) is 5.89. The third-order valence-electron chi connectivity index (χ3n) is 5.66. The van der Waals surface area contributed by atoms with Crippen molar-refractivity contribution in [2.45, 2.75) is 39.8 Å². The van der Waals surface area contributed by atoms with E-state index >= 15 is 0 Å². The second-order valence-electron chi connectivity index (χ2n) is 8.14. The molecule has 1 aromatic heterocycles. The van der Waals surface area contributed by atoms with Gasteiger partial charge in [-0.05, 0) is 68.1 Å². The summed E-state index contributed by atoms with van der Waals surface area (Å²) in [7, 11) is 0. The van der Waals surface area contributed by atoms with Crippen molar-refractivity contribution in [1.29, 1.82) is 0 Å². The maximum absolute atomic E-state index is 12.6. The van der Waals surface area contributed by atoms with Crippen molar-refractivity contribution in [1.82, 2.24) is 14.9 Å². The molecule has 170 valence electrons. The molecule has 0 atom stereocenters. The first kappa shape index (κ1) is 22.9. The molecule has 0 saturated heterocycles. The summed E-state index contributed by atoms with van der Waals surface area (Å²) >= 11 is 6.02. The molecule has 0 aliphatic carbocycles. The molecule has 0 fully saturated rings. The number of carbonyl (C=O) groups is 1. The number of para-hydroxylation sites is 3. The monoisotopic (exact) mass is 461 g/mol. The number of unbranched alkanes of at least 4 members (excludes halogenated alkanes) is 1. The Kier molecular flexibility index (Phi) is 7.30. The van der Waals surface area contributed by atoms with Gasteiger partial charge in [0.25, 0.3) is 5.91 Å². The molecule has 0 bridgehead atoms. The molecular formula is C27H28ClN3O2. The highest BCUT2D eigenvalue weighted by Crippen LogP contribution is 2.23. The summed E-state index contributed by atoms with van der Waals surface area (Å²) in [5.74, 6) is 1.65. The Labute approximate surface area is 199 Å². The molecule has 0 radical (unpaired) electrons. The molecule has 6 heteroatoms. The van der Waals surface area contributed by atoms with Crippen molar-refractivity contribution >= 4 is 28.5 Å². The lowest BCUT2D eigenvalue weighted by Crippen LogP contribution is -2.24. The first-order valence-electron chi connectivity index (χ1n) is 11.2. The minimum absolute atomic E-state index is 0.168. The summed E-state index contributed by atoms with van der Waals surface area (Å²) in [6.07, 6.45) is 1.87. The van der Waals surface area contributed by atoms with Gasteiger partial charge in [-0.25, -0.2) is 4.98 Å². The smallest absolute Gasteiger partial charge is 0.251 e. The number of benzene rings is 3. The van der Waals surface area contributed by atoms with Crippen LogP contribution in [0.3, 0.4) is 0 Å². The predicted octanol–water partition coefficient (Wildman–Crippen LogP) is 6.10. The summed E-state index contributed by atoms with van der Waals surface area (Å²) in [6.45, 7) is 5.96. The van der Waals surface area contributed by atoms with Crippen LogP contribution in [0.1, 0.15) is 40.2 Å². The lowest BCUT2D eigenvalue weighted by atomic mass is 10.1. The summed E-state index contributed by atoms with van der Waals surface area (Å²) in [5.41, 5.74) is 4.85. The van der Waals surface area contributed by atoms with Gasteiger partial charge in [-0.1, -0.05) is 48.0 Å². The quantitative estimate of drug-likeness (QED) is 0.306. The van der Waals surface area contributed by atoms with Crippen LogP contribution in [0.4, 0.5) is 0 Å². The molecule has 1 heterocycles. The number of nitrogens with zero attached hydrogens (tertiary/aromatic N) is 2. The van der Waals surface area contributed by atoms with E-state index in [1.54, 1.807) is 24.3 Å². The SMILES string of the molecule is Cc1cccc(C)c1OCCCCn1c(CNC(=O)c2cccc(Cl)c2)nc2ccccc21. The fourth-order valence-corrected chi connectivity index (χ4v) is 4.16. The number of fused-ring (bicyclic) bond motifs is 1. The number of carbonyl (C=O) groups excluding carboxylic acids is 1. The number of imidazole rings is 1. The number of hydrogen-bond acceptors (Lipinski definition) is 3. The highest BCUT2D eigenvalue weighted by molar-refractivity contribution is 6.30. The van der Waals surface area contributed by atoms with E-state index in [2.05, 4.69) is 41.9 Å². The Morgan fingerprint density at radius 2 is 1.76 bits per heavy atom. The first-order chi connectivity index (χ1) is 16.0. The van der Waals surface area contributed by atoms with Crippen LogP contribution in [0.2, 0.25) is 5.02 Å². The lowest BCUT2D eigenvalue weighted by molar-refractivity contribution is 0.0949. The van der Waals surface area contributed by atoms with Crippen molar-refractivity contribution in [3.05, 3.63) is 94.3 Å². The van der Waals surface area contributed by atoms with Gasteiger partial charge < -0.3 is 14.6 Å². The van der Waals surface area contributed by atoms with Crippen molar-refractivity contribution in [3.63, 3.8) is 0 Å². The van der Waals surface area contributed by atoms with E-state index in [1.807, 2.05) is 24.3 Å². The van der Waals surface area contributed by atoms with Crippen molar-refractivity contribution in [3.8, 4) is 5.75 Å². The number of aryl methyl sites for hydroxylation is 3. The van der Waals surface area contributed by atoms with E-state index in [0.29, 0.717) is 23.7 Å². The molecule has 4 aromatic rings. The molecule has 1 N–H and O–H groups in total. The molecule has 0 unspecified atom stereocenters. The van der Waals surface area contributed by atoms with Gasteiger partial charge in [0.1, 0.15) is 11.6 Å². The minimum Gasteiger partial charge on any atom is -0.493 e. The van der Waals surface area contributed by atoms with E-state index < -0.39 is 0 Å². The van der Waals surface area contributed by atoms with Crippen LogP contribution in [0.5, 0.6) is 5.75 Å². The summed E-state index contributed by atoms with van der Waals surface area (Å²) in [6, 6.07) is 21.2. The standard InChI is InChI=1S/C27H28ClN3O2/c1-19-9-7-10-20(2)26(19)33-16-6-5-15-31-24-14-4-3-13-23(24)30-25(31)18-29-27(32)21-11-8-12-22(28)17-21/h3-4,7-14,17H,5-6,15-16,18H2,1-2H3,(H,29,32). The second-order valence-corrected chi connectivity index (χ2v) is 8.57. The highest BCUT2D eigenvalue weighted by atomic mass is 35.5. The fraction of sp³-hybridized carbons (Fsp3) is 0.259. The van der Waals surface area contributed by atoms with Gasteiger partial charge in [0, 0.05) is 17.1 Å². The number of aromatic nitrogens is 2. The Bertz CT molecular complexity index is 1250. The Balaban J connectivity index is 1.39. The minimum atomic E-state index is -0.168. The van der Waals surface area contributed by atoms with Gasteiger partial charge >= 0.3 is 0 Å². The lowest BCUT2D eigenvalue weighted by Gasteiger charge is -2.13. The summed E-state index contributed by atoms with van der Waals surface area (Å²) < 4.78 is 8.24. The highest BCUT2D eigenvalue weighted by Gasteiger charge is 2.13. The molecule has 0 aliphatic rings. The zero-order valence-electron chi connectivity index (χ0n) is 19.0. The molecular weight excluding hydrogens is 434 g/mol. The van der Waals surface area contributed by atoms with E-state index in [1.165, 1.54) is 0 Å². The number of ether oxygens (including phenoxy) is 1.